The molecule has 1 heterocycles. The number of rotatable bonds is 5. The normalized spacial score (nSPS) is 23.7. The third-order valence-corrected chi connectivity index (χ3v) is 6.44. The van der Waals surface area contributed by atoms with Crippen LogP contribution in [0.2, 0.25) is 0 Å². The molecule has 120 valence electrons. The number of hydrogen-bond acceptors (Lipinski definition) is 3. The van der Waals surface area contributed by atoms with Crippen LogP contribution in [-0.2, 0) is 16.6 Å². The fourth-order valence-electron chi connectivity index (χ4n) is 2.87. The quantitative estimate of drug-likeness (QED) is 0.778. The second kappa shape index (κ2) is 6.67. The van der Waals surface area contributed by atoms with Gasteiger partial charge in [-0.25, -0.2) is 13.4 Å². The maximum absolute atomic E-state index is 12.7. The zero-order valence-corrected chi connectivity index (χ0v) is 14.5. The lowest BCUT2D eigenvalue weighted by Gasteiger charge is -2.33. The van der Waals surface area contributed by atoms with Gasteiger partial charge in [0.1, 0.15) is 5.82 Å². The average molecular weight is 334 g/mol. The molecular weight excluding hydrogens is 310 g/mol. The zero-order chi connectivity index (χ0) is 15.6. The molecule has 1 saturated carbocycles. The van der Waals surface area contributed by atoms with Crippen LogP contribution in [0, 0.1) is 6.92 Å². The van der Waals surface area contributed by atoms with E-state index in [0.717, 1.165) is 44.5 Å². The molecule has 2 rings (SSSR count). The fourth-order valence-corrected chi connectivity index (χ4v) is 4.80. The zero-order valence-electron chi connectivity index (χ0n) is 12.9. The van der Waals surface area contributed by atoms with Gasteiger partial charge < -0.3 is 4.57 Å². The Morgan fingerprint density at radius 1 is 1.43 bits per heavy atom. The summed E-state index contributed by atoms with van der Waals surface area (Å²) in [6, 6.07) is -0.137. The first-order valence-electron chi connectivity index (χ1n) is 7.53. The molecule has 1 aromatic heterocycles. The molecule has 21 heavy (non-hydrogen) atoms. The van der Waals surface area contributed by atoms with E-state index in [0.29, 0.717) is 0 Å². The molecule has 5 nitrogen and oxygen atoms in total. The van der Waals surface area contributed by atoms with Crippen molar-refractivity contribution in [2.24, 2.45) is 0 Å². The summed E-state index contributed by atoms with van der Waals surface area (Å²) in [7, 11) is -1.95. The van der Waals surface area contributed by atoms with Crippen molar-refractivity contribution in [3.8, 4) is 0 Å². The second-order valence-electron chi connectivity index (χ2n) is 5.71. The Morgan fingerprint density at radius 2 is 2.10 bits per heavy atom. The first kappa shape index (κ1) is 16.8. The molecule has 0 aliphatic heterocycles. The van der Waals surface area contributed by atoms with E-state index < -0.39 is 10.0 Å². The van der Waals surface area contributed by atoms with Gasteiger partial charge >= 0.3 is 0 Å². The lowest BCUT2D eigenvalue weighted by molar-refractivity contribution is 0.290. The molecule has 1 aliphatic rings. The van der Waals surface area contributed by atoms with Crippen molar-refractivity contribution in [1.82, 2.24) is 13.9 Å². The van der Waals surface area contributed by atoms with Gasteiger partial charge in [-0.2, -0.15) is 4.31 Å². The summed E-state index contributed by atoms with van der Waals surface area (Å²) in [5.41, 5.74) is 0. The number of alkyl halides is 1. The maximum atomic E-state index is 12.7. The molecule has 7 heteroatoms. The second-order valence-corrected chi connectivity index (χ2v) is 8.21. The van der Waals surface area contributed by atoms with Crippen LogP contribution in [0.5, 0.6) is 0 Å². The molecular formula is C14H24ClN3O2S. The summed E-state index contributed by atoms with van der Waals surface area (Å²) >= 11 is 6.33. The standard InChI is InChI=1S/C14H24ClN3O2S/c1-4-9-18-10-14(16-11(18)2)21(19,20)17(3)13-8-6-5-7-12(13)15/h10,12-13H,4-9H2,1-3H3. The van der Waals surface area contributed by atoms with Crippen LogP contribution in [0.4, 0.5) is 0 Å². The highest BCUT2D eigenvalue weighted by Crippen LogP contribution is 2.29. The van der Waals surface area contributed by atoms with Gasteiger partial charge in [-0.15, -0.1) is 11.6 Å². The number of nitrogens with zero attached hydrogens (tertiary/aromatic N) is 3. The maximum Gasteiger partial charge on any atom is 0.262 e. The van der Waals surface area contributed by atoms with Crippen LogP contribution in [-0.4, -0.2) is 40.7 Å². The third kappa shape index (κ3) is 3.43. The van der Waals surface area contributed by atoms with Gasteiger partial charge in [0.2, 0.25) is 0 Å². The molecule has 1 fully saturated rings. The Hall–Kier alpha value is -0.590. The van der Waals surface area contributed by atoms with Crippen LogP contribution >= 0.6 is 11.6 Å². The average Bonchev–Trinajstić information content (AvgIpc) is 2.81. The smallest absolute Gasteiger partial charge is 0.262 e. The van der Waals surface area contributed by atoms with E-state index in [1.165, 1.54) is 4.31 Å². The van der Waals surface area contributed by atoms with Crippen LogP contribution in [0.1, 0.15) is 44.9 Å². The van der Waals surface area contributed by atoms with Crippen molar-refractivity contribution in [3.05, 3.63) is 12.0 Å². The Labute approximate surface area is 132 Å². The monoisotopic (exact) mass is 333 g/mol. The Kier molecular flexibility index (Phi) is 5.33. The minimum atomic E-state index is -3.57. The van der Waals surface area contributed by atoms with Crippen LogP contribution in [0.3, 0.4) is 0 Å². The Balaban J connectivity index is 2.26. The molecule has 0 N–H and O–H groups in total. The number of aryl methyl sites for hydroxylation is 2. The number of sulfonamides is 1. The Morgan fingerprint density at radius 3 is 2.71 bits per heavy atom. The first-order valence-corrected chi connectivity index (χ1v) is 9.41. The number of hydrogen-bond donors (Lipinski definition) is 0. The van der Waals surface area contributed by atoms with Crippen molar-refractivity contribution >= 4 is 21.6 Å². The highest BCUT2D eigenvalue weighted by molar-refractivity contribution is 7.89. The fraction of sp³-hybridized carbons (Fsp3) is 0.786. The summed E-state index contributed by atoms with van der Waals surface area (Å²) in [6.45, 7) is 4.67. The van der Waals surface area contributed by atoms with Crippen LogP contribution in [0.25, 0.3) is 0 Å². The first-order chi connectivity index (χ1) is 9.87. The van der Waals surface area contributed by atoms with E-state index in [2.05, 4.69) is 11.9 Å². The summed E-state index contributed by atoms with van der Waals surface area (Å²) in [5, 5.41) is 0.0164. The predicted molar refractivity (Wildman–Crippen MR) is 84.1 cm³/mol. The van der Waals surface area contributed by atoms with E-state index in [9.17, 15) is 8.42 Å². The van der Waals surface area contributed by atoms with E-state index in [1.807, 2.05) is 11.5 Å². The lowest BCUT2D eigenvalue weighted by atomic mass is 9.95. The molecule has 0 radical (unpaired) electrons. The van der Waals surface area contributed by atoms with Gasteiger partial charge in [-0.3, -0.25) is 0 Å². The van der Waals surface area contributed by atoms with E-state index in [-0.39, 0.29) is 16.4 Å². The summed E-state index contributed by atoms with van der Waals surface area (Å²) in [5.74, 6) is 0.731. The third-order valence-electron chi connectivity index (χ3n) is 4.18. The highest BCUT2D eigenvalue weighted by atomic mass is 35.5. The van der Waals surface area contributed by atoms with Crippen molar-refractivity contribution in [2.45, 2.75) is 68.9 Å². The minimum Gasteiger partial charge on any atom is -0.334 e. The van der Waals surface area contributed by atoms with Gasteiger partial charge in [0.15, 0.2) is 5.03 Å². The van der Waals surface area contributed by atoms with Gasteiger partial charge in [0.05, 0.1) is 5.38 Å². The lowest BCUT2D eigenvalue weighted by Crippen LogP contribution is -2.44. The molecule has 2 atom stereocenters. The van der Waals surface area contributed by atoms with Crippen molar-refractivity contribution in [2.75, 3.05) is 7.05 Å². The summed E-state index contributed by atoms with van der Waals surface area (Å²) in [6.07, 6.45) is 6.36. The molecule has 0 amide bonds. The predicted octanol–water partition coefficient (Wildman–Crippen LogP) is 2.77. The van der Waals surface area contributed by atoms with Crippen molar-refractivity contribution < 1.29 is 8.42 Å². The van der Waals surface area contributed by atoms with Crippen LogP contribution in [0.15, 0.2) is 11.2 Å². The highest BCUT2D eigenvalue weighted by Gasteiger charge is 2.35. The van der Waals surface area contributed by atoms with E-state index in [1.54, 1.807) is 13.2 Å². The molecule has 1 aliphatic carbocycles. The van der Waals surface area contributed by atoms with Crippen LogP contribution < -0.4 is 0 Å². The Bertz CT molecular complexity index is 585. The number of halogens is 1. The molecule has 0 aromatic carbocycles. The SMILES string of the molecule is CCCn1cc(S(=O)(=O)N(C)C2CCCCC2Cl)nc1C. The summed E-state index contributed by atoms with van der Waals surface area (Å²) in [4.78, 5) is 4.23. The molecule has 0 saturated heterocycles. The van der Waals surface area contributed by atoms with Gasteiger partial charge in [0.25, 0.3) is 10.0 Å². The van der Waals surface area contributed by atoms with E-state index in [4.69, 9.17) is 11.6 Å². The van der Waals surface area contributed by atoms with Gasteiger partial charge in [-0.05, 0) is 26.2 Å². The van der Waals surface area contributed by atoms with Crippen molar-refractivity contribution in [1.29, 1.82) is 0 Å². The van der Waals surface area contributed by atoms with Gasteiger partial charge in [0, 0.05) is 25.8 Å². The molecule has 0 spiro atoms. The largest absolute Gasteiger partial charge is 0.334 e. The summed E-state index contributed by atoms with van der Waals surface area (Å²) < 4.78 is 28.8. The number of imidazole rings is 1. The minimum absolute atomic E-state index is 0.114. The van der Waals surface area contributed by atoms with E-state index >= 15 is 0 Å². The van der Waals surface area contributed by atoms with Gasteiger partial charge in [-0.1, -0.05) is 19.8 Å². The molecule has 0 bridgehead atoms. The topological polar surface area (TPSA) is 55.2 Å². The molecule has 2 unspecified atom stereocenters. The molecule has 1 aromatic rings. The van der Waals surface area contributed by atoms with Crippen molar-refractivity contribution in [3.63, 3.8) is 0 Å². The number of aromatic nitrogens is 2.